The van der Waals surface area contributed by atoms with Crippen molar-refractivity contribution >= 4 is 33.2 Å². The van der Waals surface area contributed by atoms with Gasteiger partial charge < -0.3 is 10.6 Å². The Balaban J connectivity index is 2.65. The van der Waals surface area contributed by atoms with Crippen LogP contribution in [0.2, 0.25) is 0 Å². The molecule has 0 bridgehead atoms. The van der Waals surface area contributed by atoms with Crippen LogP contribution in [0.25, 0.3) is 0 Å². The van der Waals surface area contributed by atoms with Crippen molar-refractivity contribution < 1.29 is 4.79 Å². The summed E-state index contributed by atoms with van der Waals surface area (Å²) >= 11 is 5.04. The second-order valence-electron chi connectivity index (χ2n) is 3.35. The quantitative estimate of drug-likeness (QED) is 0.924. The molecule has 0 spiro atoms. The van der Waals surface area contributed by atoms with Crippen molar-refractivity contribution in [3.05, 3.63) is 20.8 Å². The van der Waals surface area contributed by atoms with Crippen LogP contribution in [0.3, 0.4) is 0 Å². The zero-order chi connectivity index (χ0) is 11.4. The van der Waals surface area contributed by atoms with Crippen LogP contribution in [-0.2, 0) is 11.3 Å². The molecule has 0 saturated carbocycles. The minimum Gasteiger partial charge on any atom is -0.336 e. The number of carbonyl (C=O) groups is 1. The van der Waals surface area contributed by atoms with E-state index in [9.17, 15) is 4.79 Å². The molecule has 0 aliphatic rings. The van der Waals surface area contributed by atoms with Gasteiger partial charge >= 0.3 is 0 Å². The van der Waals surface area contributed by atoms with Crippen molar-refractivity contribution in [2.45, 2.75) is 26.4 Å². The first-order valence-corrected chi connectivity index (χ1v) is 6.44. The fourth-order valence-electron chi connectivity index (χ4n) is 1.26. The zero-order valence-corrected chi connectivity index (χ0v) is 11.3. The van der Waals surface area contributed by atoms with Crippen molar-refractivity contribution in [2.75, 3.05) is 6.54 Å². The summed E-state index contributed by atoms with van der Waals surface area (Å²) < 4.78 is 1.08. The van der Waals surface area contributed by atoms with Gasteiger partial charge in [0, 0.05) is 11.4 Å². The van der Waals surface area contributed by atoms with Gasteiger partial charge in [0.1, 0.15) is 0 Å². The third kappa shape index (κ3) is 3.59. The van der Waals surface area contributed by atoms with Gasteiger partial charge in [-0.2, -0.15) is 0 Å². The van der Waals surface area contributed by atoms with Gasteiger partial charge in [-0.05, 0) is 41.9 Å². The van der Waals surface area contributed by atoms with Gasteiger partial charge in [0.2, 0.25) is 5.91 Å². The molecule has 3 nitrogen and oxygen atoms in total. The lowest BCUT2D eigenvalue weighted by molar-refractivity contribution is -0.132. The Kier molecular flexibility index (Phi) is 4.76. The summed E-state index contributed by atoms with van der Waals surface area (Å²) in [5.74, 6) is 0.00187. The lowest BCUT2D eigenvalue weighted by Gasteiger charge is -2.21. The van der Waals surface area contributed by atoms with Crippen LogP contribution in [0.1, 0.15) is 18.7 Å². The highest BCUT2D eigenvalue weighted by Crippen LogP contribution is 2.23. The molecule has 0 aromatic carbocycles. The third-order valence-corrected chi connectivity index (χ3v) is 3.67. The second-order valence-corrected chi connectivity index (χ2v) is 5.89. The molecule has 1 heterocycles. The maximum absolute atomic E-state index is 11.7. The first-order chi connectivity index (χ1) is 7.04. The first-order valence-electron chi connectivity index (χ1n) is 4.83. The maximum atomic E-state index is 11.7. The average molecular weight is 291 g/mol. The number of thiophene rings is 1. The van der Waals surface area contributed by atoms with Gasteiger partial charge in [0.05, 0.1) is 16.4 Å². The molecule has 2 N–H and O–H groups in total. The molecule has 0 saturated heterocycles. The molecule has 15 heavy (non-hydrogen) atoms. The van der Waals surface area contributed by atoms with Gasteiger partial charge in [0.15, 0.2) is 0 Å². The van der Waals surface area contributed by atoms with Gasteiger partial charge in [-0.3, -0.25) is 4.79 Å². The number of carbonyl (C=O) groups excluding carboxylic acids is 1. The predicted molar refractivity (Wildman–Crippen MR) is 66.8 cm³/mol. The number of rotatable bonds is 4. The summed E-state index contributed by atoms with van der Waals surface area (Å²) in [6.45, 7) is 5.02. The molecule has 0 aliphatic carbocycles. The second kappa shape index (κ2) is 5.63. The van der Waals surface area contributed by atoms with Crippen LogP contribution in [0.5, 0.6) is 0 Å². The van der Waals surface area contributed by atoms with Crippen LogP contribution in [-0.4, -0.2) is 23.4 Å². The summed E-state index contributed by atoms with van der Waals surface area (Å²) in [6, 6.07) is 3.59. The van der Waals surface area contributed by atoms with E-state index >= 15 is 0 Å². The largest absolute Gasteiger partial charge is 0.336 e. The highest BCUT2D eigenvalue weighted by Gasteiger charge is 2.16. The molecule has 0 fully saturated rings. The summed E-state index contributed by atoms with van der Waals surface area (Å²) in [6.07, 6.45) is 0. The average Bonchev–Trinajstić information content (AvgIpc) is 2.59. The molecule has 1 amide bonds. The molecule has 0 radical (unpaired) electrons. The summed E-state index contributed by atoms with van der Waals surface area (Å²) in [4.78, 5) is 14.6. The van der Waals surface area contributed by atoms with Crippen LogP contribution in [0.4, 0.5) is 0 Å². The Bertz CT molecular complexity index is 338. The van der Waals surface area contributed by atoms with Gasteiger partial charge in [0.25, 0.3) is 0 Å². The maximum Gasteiger partial charge on any atom is 0.239 e. The predicted octanol–water partition coefficient (Wildman–Crippen LogP) is 2.21. The fraction of sp³-hybridized carbons (Fsp3) is 0.500. The number of halogens is 1. The molecule has 1 aromatic heterocycles. The smallest absolute Gasteiger partial charge is 0.239 e. The Hall–Kier alpha value is -0.390. The monoisotopic (exact) mass is 290 g/mol. The van der Waals surface area contributed by atoms with Gasteiger partial charge in [-0.15, -0.1) is 11.3 Å². The topological polar surface area (TPSA) is 46.3 Å². The van der Waals surface area contributed by atoms with Crippen molar-refractivity contribution in [3.63, 3.8) is 0 Å². The number of likely N-dealkylation sites (N-methyl/N-ethyl adjacent to an activating group) is 1. The van der Waals surface area contributed by atoms with E-state index in [2.05, 4.69) is 15.9 Å². The van der Waals surface area contributed by atoms with Crippen LogP contribution < -0.4 is 5.73 Å². The van der Waals surface area contributed by atoms with E-state index in [1.54, 1.807) is 23.2 Å². The van der Waals surface area contributed by atoms with Crippen LogP contribution in [0, 0.1) is 0 Å². The molecule has 0 unspecified atom stereocenters. The summed E-state index contributed by atoms with van der Waals surface area (Å²) in [7, 11) is 0. The molecular weight excluding hydrogens is 276 g/mol. The van der Waals surface area contributed by atoms with E-state index in [-0.39, 0.29) is 5.91 Å². The third-order valence-electron chi connectivity index (χ3n) is 2.06. The molecule has 5 heteroatoms. The molecule has 1 rings (SSSR count). The Morgan fingerprint density at radius 2 is 2.33 bits per heavy atom. The van der Waals surface area contributed by atoms with Crippen molar-refractivity contribution in [3.8, 4) is 0 Å². The van der Waals surface area contributed by atoms with Crippen molar-refractivity contribution in [2.24, 2.45) is 5.73 Å². The number of hydrogen-bond donors (Lipinski definition) is 1. The van der Waals surface area contributed by atoms with Gasteiger partial charge in [-0.25, -0.2) is 0 Å². The molecule has 1 atom stereocenters. The summed E-state index contributed by atoms with van der Waals surface area (Å²) in [5.41, 5.74) is 5.57. The van der Waals surface area contributed by atoms with Crippen molar-refractivity contribution in [1.82, 2.24) is 4.90 Å². The number of amides is 1. The highest BCUT2D eigenvalue weighted by atomic mass is 79.9. The molecule has 84 valence electrons. The molecular formula is C10H15BrN2OS. The van der Waals surface area contributed by atoms with Crippen molar-refractivity contribution in [1.29, 1.82) is 0 Å². The van der Waals surface area contributed by atoms with E-state index in [0.717, 1.165) is 8.66 Å². The Morgan fingerprint density at radius 3 is 2.73 bits per heavy atom. The van der Waals surface area contributed by atoms with Crippen LogP contribution >= 0.6 is 27.3 Å². The van der Waals surface area contributed by atoms with E-state index < -0.39 is 6.04 Å². The SMILES string of the molecule is CCN(Cc1ccc(Br)s1)C(=O)[C@@H](C)N. The van der Waals surface area contributed by atoms with E-state index in [1.807, 2.05) is 19.1 Å². The van der Waals surface area contributed by atoms with E-state index in [4.69, 9.17) is 5.73 Å². The first kappa shape index (κ1) is 12.7. The summed E-state index contributed by atoms with van der Waals surface area (Å²) in [5, 5.41) is 0. The lowest BCUT2D eigenvalue weighted by atomic mass is 10.3. The fourth-order valence-corrected chi connectivity index (χ4v) is 2.76. The zero-order valence-electron chi connectivity index (χ0n) is 8.87. The number of nitrogens with two attached hydrogens (primary N) is 1. The molecule has 0 aliphatic heterocycles. The highest BCUT2D eigenvalue weighted by molar-refractivity contribution is 9.11. The minimum absolute atomic E-state index is 0.00187. The van der Waals surface area contributed by atoms with E-state index in [1.165, 1.54) is 0 Å². The van der Waals surface area contributed by atoms with Crippen LogP contribution in [0.15, 0.2) is 15.9 Å². The molecule has 1 aromatic rings. The number of hydrogen-bond acceptors (Lipinski definition) is 3. The normalized spacial score (nSPS) is 12.5. The van der Waals surface area contributed by atoms with Gasteiger partial charge in [-0.1, -0.05) is 0 Å². The lowest BCUT2D eigenvalue weighted by Crippen LogP contribution is -2.41. The minimum atomic E-state index is -0.423. The number of nitrogens with zero attached hydrogens (tertiary/aromatic N) is 1. The Morgan fingerprint density at radius 1 is 1.67 bits per heavy atom. The van der Waals surface area contributed by atoms with E-state index in [0.29, 0.717) is 13.1 Å². The standard InChI is InChI=1S/C10H15BrN2OS/c1-3-13(10(14)7(2)12)6-8-4-5-9(11)15-8/h4-5,7H,3,6,12H2,1-2H3/t7-/m1/s1. The Labute approximate surface area is 102 Å².